The van der Waals surface area contributed by atoms with E-state index < -0.39 is 57.2 Å². The van der Waals surface area contributed by atoms with E-state index in [9.17, 15) is 0 Å². The van der Waals surface area contributed by atoms with Crippen LogP contribution in [0.3, 0.4) is 0 Å². The number of rotatable bonds is 7. The van der Waals surface area contributed by atoms with E-state index in [-0.39, 0.29) is 6.17 Å². The molecule has 6 atom stereocenters. The van der Waals surface area contributed by atoms with Crippen LogP contribution in [0, 0.1) is 55.4 Å². The van der Waals surface area contributed by atoms with Gasteiger partial charge in [0.1, 0.15) is 24.7 Å². The molecule has 20 rings (SSSR count). The van der Waals surface area contributed by atoms with Crippen molar-refractivity contribution in [3.8, 4) is 0 Å². The second-order valence-corrected chi connectivity index (χ2v) is 29.2. The van der Waals surface area contributed by atoms with Crippen molar-refractivity contribution in [2.24, 2.45) is 0 Å². The Kier molecular flexibility index (Phi) is 14.3. The quantitative estimate of drug-likeness (QED) is 0.148. The average molecular weight is 1470 g/mol. The number of anilines is 12. The van der Waals surface area contributed by atoms with Crippen molar-refractivity contribution in [3.63, 3.8) is 0 Å². The summed E-state index contributed by atoms with van der Waals surface area (Å²) in [6, 6.07) is 46.7. The lowest BCUT2D eigenvalue weighted by molar-refractivity contribution is 0.601. The van der Waals surface area contributed by atoms with Crippen molar-refractivity contribution >= 4 is 157 Å². The Hall–Kier alpha value is -12.3. The van der Waals surface area contributed by atoms with Crippen LogP contribution in [0.4, 0.5) is 68.6 Å². The summed E-state index contributed by atoms with van der Waals surface area (Å²) in [6.45, 7) is 23.0. The van der Waals surface area contributed by atoms with E-state index in [1.54, 1.807) is 46.6 Å². The van der Waals surface area contributed by atoms with Gasteiger partial charge in [0, 0.05) is 122 Å². The smallest absolute Gasteiger partial charge is 0.227 e. The Morgan fingerprint density at radius 1 is 0.318 bits per heavy atom. The molecule has 0 spiro atoms. The molecule has 19 nitrogen and oxygen atoms in total. The second-order valence-electron chi connectivity index (χ2n) is 29.2. The highest BCUT2D eigenvalue weighted by Crippen LogP contribution is 2.53. The maximum atomic E-state index is 8.82. The number of aromatic nitrogens is 7. The highest BCUT2D eigenvalue weighted by atomic mass is 16.4. The normalized spacial score (nSPS) is 19.7. The average Bonchev–Trinajstić information content (AvgIpc) is 1.57. The Morgan fingerprint density at radius 2 is 0.609 bits per heavy atom. The van der Waals surface area contributed by atoms with E-state index >= 15 is 0 Å². The number of benzene rings is 5. The van der Waals surface area contributed by atoms with Crippen LogP contribution >= 0.6 is 0 Å². The van der Waals surface area contributed by atoms with Gasteiger partial charge in [0.2, 0.25) is 22.9 Å². The zero-order valence-corrected chi connectivity index (χ0v) is 64.4. The SMILES string of the molecule is [2H]C(C)(C)N1c2cccnc2N(c2c(C)ccc3c2oc2nc(C)ccc23)[C@H]1C.[2H]C([2H])([2H])C([2H])(C)N1c2ccccc2N(c2c(C)ccc3c2oc2nc(C)ccc23)[C@H]1C.[2H]C([2H])([2H])C([2H])(C)N1c2cccnc2N(c2c(C)ccc3c2oc2nc(C)ccc23)[C@H]1C.[2H]C([2H])([2H])N1c2cccnc2N(c2c(C)ccc3c2oc2nc(C)ccc23)[C@H]1C. The summed E-state index contributed by atoms with van der Waals surface area (Å²) in [5, 5.41) is 7.69. The van der Waals surface area contributed by atoms with Gasteiger partial charge in [-0.3, -0.25) is 0 Å². The monoisotopic (exact) mass is 1470 g/mol. The summed E-state index contributed by atoms with van der Waals surface area (Å²) in [5.41, 5.74) is 20.0. The van der Waals surface area contributed by atoms with Crippen LogP contribution in [0.25, 0.3) is 88.3 Å². The van der Waals surface area contributed by atoms with E-state index in [4.69, 9.17) is 39.1 Å². The van der Waals surface area contributed by atoms with Crippen LogP contribution in [-0.2, 0) is 0 Å². The van der Waals surface area contributed by atoms with E-state index in [0.717, 1.165) is 139 Å². The number of nitrogens with zero attached hydrogens (tertiary/aromatic N) is 15. The third-order valence-electron chi connectivity index (χ3n) is 21.6. The summed E-state index contributed by atoms with van der Waals surface area (Å²) in [4.78, 5) is 47.0. The maximum Gasteiger partial charge on any atom is 0.227 e. The molecule has 5 aromatic carbocycles. The summed E-state index contributed by atoms with van der Waals surface area (Å²) >= 11 is 0. The molecule has 0 aliphatic carbocycles. The van der Waals surface area contributed by atoms with Crippen molar-refractivity contribution in [1.29, 1.82) is 0 Å². The van der Waals surface area contributed by atoms with Crippen molar-refractivity contribution in [2.75, 3.05) is 46.2 Å². The number of aryl methyl sites for hydroxylation is 8. The zero-order chi connectivity index (χ0) is 87.0. The molecule has 0 amide bonds. The van der Waals surface area contributed by atoms with Gasteiger partial charge >= 0.3 is 0 Å². The molecule has 15 heterocycles. The van der Waals surface area contributed by atoms with E-state index in [1.165, 1.54) is 18.7 Å². The highest BCUT2D eigenvalue weighted by Gasteiger charge is 2.42. The predicted octanol–water partition coefficient (Wildman–Crippen LogP) is 22.6. The van der Waals surface area contributed by atoms with Crippen LogP contribution in [0.15, 0.2) is 194 Å². The molecule has 4 aliphatic rings. The zero-order valence-electron chi connectivity index (χ0n) is 76.4. The molecule has 556 valence electrons. The molecule has 0 fully saturated rings. The first kappa shape index (κ1) is 57.9. The minimum absolute atomic E-state index is 0.0837. The van der Waals surface area contributed by atoms with Gasteiger partial charge in [0.15, 0.2) is 39.8 Å². The van der Waals surface area contributed by atoms with Gasteiger partial charge in [-0.2, -0.15) is 0 Å². The fourth-order valence-electron chi connectivity index (χ4n) is 16.7. The van der Waals surface area contributed by atoms with Crippen molar-refractivity contribution < 1.29 is 34.1 Å². The van der Waals surface area contributed by atoms with Gasteiger partial charge in [-0.1, -0.05) is 60.7 Å². The number of furan rings is 4. The molecule has 0 N–H and O–H groups in total. The molecule has 11 aromatic heterocycles. The Labute approximate surface area is 657 Å². The van der Waals surface area contributed by atoms with Gasteiger partial charge < -0.3 is 56.9 Å². The van der Waals surface area contributed by atoms with Gasteiger partial charge in [-0.25, -0.2) is 34.9 Å². The molecule has 19 heteroatoms. The Morgan fingerprint density at radius 3 is 0.964 bits per heavy atom. The number of fused-ring (bicyclic) bond motifs is 16. The van der Waals surface area contributed by atoms with Crippen LogP contribution in [0.5, 0.6) is 0 Å². The number of hydrogen-bond donors (Lipinski definition) is 0. The van der Waals surface area contributed by atoms with Crippen molar-refractivity contribution in [1.82, 2.24) is 34.9 Å². The van der Waals surface area contributed by atoms with Crippen LogP contribution in [0.1, 0.15) is 131 Å². The number of hydrogen-bond acceptors (Lipinski definition) is 19. The molecule has 0 saturated carbocycles. The van der Waals surface area contributed by atoms with Crippen LogP contribution in [-0.4, -0.2) is 84.6 Å². The van der Waals surface area contributed by atoms with Crippen molar-refractivity contribution in [3.05, 3.63) is 221 Å². The largest absolute Gasteiger partial charge is 0.435 e. The van der Waals surface area contributed by atoms with Gasteiger partial charge in [-0.15, -0.1) is 0 Å². The van der Waals surface area contributed by atoms with Gasteiger partial charge in [0.05, 0.1) is 55.3 Å². The minimum atomic E-state index is -2.52. The summed E-state index contributed by atoms with van der Waals surface area (Å²) in [6.07, 6.45) is 3.73. The Balaban J connectivity index is 0.000000116. The molecular formula is C91H93N15O4. The van der Waals surface area contributed by atoms with Crippen molar-refractivity contribution in [2.45, 2.75) is 167 Å². The van der Waals surface area contributed by atoms with E-state index in [2.05, 4.69) is 76.7 Å². The first-order valence-corrected chi connectivity index (χ1v) is 37.0. The van der Waals surface area contributed by atoms with Crippen LogP contribution < -0.4 is 39.2 Å². The number of pyridine rings is 7. The first-order chi connectivity index (χ1) is 57.6. The molecular weight excluding hydrogens is 1370 g/mol. The van der Waals surface area contributed by atoms with Crippen LogP contribution in [0.2, 0.25) is 0 Å². The molecule has 4 aliphatic heterocycles. The standard InChI is InChI=1S/C24H25N3O.2C23H24N4O.C21H20N4O/c1-14(2)26-17(5)27(21-9-7-6-8-20(21)26)22-15(3)10-12-18-19-13-11-16(4)25-24(19)28-23(18)22;2*1-13(2)26-16(5)27(22-19(26)7-6-12-24-22)20-14(3)8-10-17-18-11-9-15(4)25-23(18)28-21(17)20;1-12-7-9-15-16-10-8-13(2)23-21(16)26-19(15)18(12)25-14(3)24(4)17-6-5-11-22-20(17)25/h6-14,17H,1-5H3;2*6-13,16H,1-5H3;5-11,14H,1-4H3/t17-;2*16-;14-/m0000/s1/i1D3,14D;1D3,13D;13D;4D3/t14?,17-;13?,16-;2m. The fourth-order valence-corrected chi connectivity index (χ4v) is 16.7. The third kappa shape index (κ3) is 11.3. The summed E-state index contributed by atoms with van der Waals surface area (Å²) < 4.78 is 124. The molecule has 0 bridgehead atoms. The molecule has 16 aromatic rings. The second kappa shape index (κ2) is 27.2. The fraction of sp³-hybridized carbons (Fsp3) is 0.286. The number of para-hydroxylation sites is 2. The lowest BCUT2D eigenvalue weighted by atomic mass is 10.1. The van der Waals surface area contributed by atoms with Gasteiger partial charge in [-0.05, 0) is 244 Å². The summed E-state index contributed by atoms with van der Waals surface area (Å²) in [5.74, 6) is 2.06. The molecule has 2 unspecified atom stereocenters. The van der Waals surface area contributed by atoms with Gasteiger partial charge in [0.25, 0.3) is 0 Å². The third-order valence-corrected chi connectivity index (χ3v) is 21.6. The lowest BCUT2D eigenvalue weighted by Crippen LogP contribution is -2.42. The molecule has 110 heavy (non-hydrogen) atoms. The predicted molar refractivity (Wildman–Crippen MR) is 451 cm³/mol. The van der Waals surface area contributed by atoms with E-state index in [0.29, 0.717) is 62.6 Å². The molecule has 0 radical (unpaired) electrons. The Bertz CT molecular complexity index is 6460. The first-order valence-electron chi connectivity index (χ1n) is 43.0. The lowest BCUT2D eigenvalue weighted by Gasteiger charge is -2.33. The highest BCUT2D eigenvalue weighted by molar-refractivity contribution is 6.14. The topological polar surface area (TPSA) is 169 Å². The van der Waals surface area contributed by atoms with E-state index in [1.807, 2.05) is 214 Å². The minimum Gasteiger partial charge on any atom is -0.435 e. The maximum absolute atomic E-state index is 8.82. The summed E-state index contributed by atoms with van der Waals surface area (Å²) in [7, 11) is 0. The molecule has 0 saturated heterocycles.